The van der Waals surface area contributed by atoms with Crippen molar-refractivity contribution in [3.63, 3.8) is 0 Å². The molecule has 1 aromatic rings. The van der Waals surface area contributed by atoms with Crippen molar-refractivity contribution in [2.45, 2.75) is 25.4 Å². The number of nitrogens with one attached hydrogen (secondary N) is 2. The van der Waals surface area contributed by atoms with Gasteiger partial charge in [-0.1, -0.05) is 6.07 Å². The molecule has 1 unspecified atom stereocenters. The van der Waals surface area contributed by atoms with Gasteiger partial charge in [0.1, 0.15) is 11.3 Å². The molecule has 1 aliphatic heterocycles. The van der Waals surface area contributed by atoms with Gasteiger partial charge in [-0.3, -0.25) is 20.8 Å². The first-order valence-electron chi connectivity index (χ1n) is 6.77. The Kier molecular flexibility index (Phi) is 5.07. The normalized spacial score (nSPS) is 17.5. The zero-order valence-electron chi connectivity index (χ0n) is 11.5. The van der Waals surface area contributed by atoms with Crippen molar-refractivity contribution in [2.75, 3.05) is 18.6 Å². The molecule has 1 aromatic carbocycles. The van der Waals surface area contributed by atoms with Crippen molar-refractivity contribution in [3.05, 3.63) is 33.9 Å². The van der Waals surface area contributed by atoms with Crippen LogP contribution in [0.3, 0.4) is 0 Å². The summed E-state index contributed by atoms with van der Waals surface area (Å²) in [6.45, 7) is 1.18. The summed E-state index contributed by atoms with van der Waals surface area (Å²) in [5, 5.41) is 13.8. The van der Waals surface area contributed by atoms with Crippen molar-refractivity contribution in [2.24, 2.45) is 5.84 Å². The highest BCUT2D eigenvalue weighted by Gasteiger charge is 2.24. The number of nitro benzene ring substituents is 1. The summed E-state index contributed by atoms with van der Waals surface area (Å²) in [6, 6.07) is 4.39. The first-order valence-corrected chi connectivity index (χ1v) is 6.77. The molecule has 0 bridgehead atoms. The number of para-hydroxylation sites is 1. The molecule has 1 saturated heterocycles. The predicted molar refractivity (Wildman–Crippen MR) is 76.8 cm³/mol. The Balaban J connectivity index is 2.02. The number of benzene rings is 1. The Morgan fingerprint density at radius 1 is 1.52 bits per heavy atom. The molecule has 0 saturated carbocycles. The van der Waals surface area contributed by atoms with Crippen LogP contribution in [0, 0.1) is 10.1 Å². The van der Waals surface area contributed by atoms with E-state index in [9.17, 15) is 14.9 Å². The van der Waals surface area contributed by atoms with Gasteiger partial charge in [-0.25, -0.2) is 0 Å². The number of hydrazine groups is 1. The van der Waals surface area contributed by atoms with Gasteiger partial charge in [0.25, 0.3) is 5.91 Å². The number of ether oxygens (including phenoxy) is 1. The maximum Gasteiger partial charge on any atom is 0.306 e. The van der Waals surface area contributed by atoms with Crippen LogP contribution in [-0.2, 0) is 4.74 Å². The lowest BCUT2D eigenvalue weighted by Gasteiger charge is -2.11. The fraction of sp³-hybridized carbons (Fsp3) is 0.462. The number of carbonyl (C=O) groups excluding carboxylic acids is 1. The second kappa shape index (κ2) is 7.00. The first kappa shape index (κ1) is 15.2. The van der Waals surface area contributed by atoms with E-state index in [4.69, 9.17) is 10.6 Å². The van der Waals surface area contributed by atoms with Crippen molar-refractivity contribution in [3.8, 4) is 0 Å². The number of hydrogen-bond acceptors (Lipinski definition) is 6. The fourth-order valence-electron chi connectivity index (χ4n) is 2.35. The standard InChI is InChI=1S/C13H18N4O4/c14-16-11-5-1-4-10(12(11)17(19)20)13(18)15-7-6-9-3-2-8-21-9/h1,4-5,9,16H,2-3,6-8,14H2,(H,15,18). The van der Waals surface area contributed by atoms with Gasteiger partial charge in [0.15, 0.2) is 0 Å². The van der Waals surface area contributed by atoms with E-state index in [-0.39, 0.29) is 23.0 Å². The van der Waals surface area contributed by atoms with E-state index >= 15 is 0 Å². The SMILES string of the molecule is NNc1cccc(C(=O)NCCC2CCCO2)c1[N+](=O)[O-]. The summed E-state index contributed by atoms with van der Waals surface area (Å²) >= 11 is 0. The van der Waals surface area contributed by atoms with Crippen LogP contribution in [0.25, 0.3) is 0 Å². The minimum atomic E-state index is -0.621. The number of hydrogen-bond donors (Lipinski definition) is 3. The van der Waals surface area contributed by atoms with Gasteiger partial charge in [-0.15, -0.1) is 0 Å². The third kappa shape index (κ3) is 3.67. The van der Waals surface area contributed by atoms with E-state index in [1.807, 2.05) is 0 Å². The third-order valence-corrected chi connectivity index (χ3v) is 3.39. The second-order valence-corrected chi connectivity index (χ2v) is 4.78. The molecule has 0 spiro atoms. The van der Waals surface area contributed by atoms with Crippen LogP contribution in [0.2, 0.25) is 0 Å². The minimum Gasteiger partial charge on any atom is -0.378 e. The van der Waals surface area contributed by atoms with E-state index < -0.39 is 10.8 Å². The molecule has 2 rings (SSSR count). The highest BCUT2D eigenvalue weighted by atomic mass is 16.6. The number of anilines is 1. The largest absolute Gasteiger partial charge is 0.378 e. The van der Waals surface area contributed by atoms with Gasteiger partial charge >= 0.3 is 5.69 Å². The molecule has 0 aliphatic carbocycles. The van der Waals surface area contributed by atoms with Crippen molar-refractivity contribution >= 4 is 17.3 Å². The number of nitrogen functional groups attached to an aromatic ring is 1. The average molecular weight is 294 g/mol. The molecule has 1 atom stereocenters. The van der Waals surface area contributed by atoms with Crippen LogP contribution in [-0.4, -0.2) is 30.1 Å². The van der Waals surface area contributed by atoms with Crippen LogP contribution in [0.5, 0.6) is 0 Å². The van der Waals surface area contributed by atoms with E-state index in [1.54, 1.807) is 0 Å². The first-order chi connectivity index (χ1) is 10.1. The van der Waals surface area contributed by atoms with Crippen LogP contribution >= 0.6 is 0 Å². The predicted octanol–water partition coefficient (Wildman–Crippen LogP) is 1.18. The highest BCUT2D eigenvalue weighted by molar-refractivity contribution is 6.00. The number of carbonyl (C=O) groups is 1. The maximum absolute atomic E-state index is 12.1. The van der Waals surface area contributed by atoms with E-state index in [0.717, 1.165) is 19.4 Å². The second-order valence-electron chi connectivity index (χ2n) is 4.78. The van der Waals surface area contributed by atoms with Gasteiger partial charge in [-0.05, 0) is 31.4 Å². The molecule has 4 N–H and O–H groups in total. The van der Waals surface area contributed by atoms with Crippen LogP contribution in [0.15, 0.2) is 18.2 Å². The molecule has 8 nitrogen and oxygen atoms in total. The lowest BCUT2D eigenvalue weighted by Crippen LogP contribution is -2.28. The molecule has 1 aliphatic rings. The number of nitrogens with zero attached hydrogens (tertiary/aromatic N) is 1. The summed E-state index contributed by atoms with van der Waals surface area (Å²) in [5.41, 5.74) is 2.00. The molecule has 1 heterocycles. The molecule has 1 fully saturated rings. The number of amides is 1. The average Bonchev–Trinajstić information content (AvgIpc) is 2.99. The molecule has 8 heteroatoms. The van der Waals surface area contributed by atoms with Crippen molar-refractivity contribution < 1.29 is 14.5 Å². The Bertz CT molecular complexity index is 529. The Labute approximate surface area is 121 Å². The number of nitro groups is 1. The smallest absolute Gasteiger partial charge is 0.306 e. The quantitative estimate of drug-likeness (QED) is 0.411. The summed E-state index contributed by atoms with van der Waals surface area (Å²) in [7, 11) is 0. The fourth-order valence-corrected chi connectivity index (χ4v) is 2.35. The third-order valence-electron chi connectivity index (χ3n) is 3.39. The monoisotopic (exact) mass is 294 g/mol. The zero-order valence-corrected chi connectivity index (χ0v) is 11.5. The van der Waals surface area contributed by atoms with Crippen molar-refractivity contribution in [1.82, 2.24) is 5.32 Å². The van der Waals surface area contributed by atoms with Gasteiger partial charge in [0.2, 0.25) is 0 Å². The summed E-state index contributed by atoms with van der Waals surface area (Å²) in [4.78, 5) is 22.6. The number of rotatable bonds is 6. The Morgan fingerprint density at radius 3 is 2.95 bits per heavy atom. The molecular formula is C13H18N4O4. The Hall–Kier alpha value is -2.19. The summed E-state index contributed by atoms with van der Waals surface area (Å²) in [6.07, 6.45) is 2.89. The lowest BCUT2D eigenvalue weighted by molar-refractivity contribution is -0.384. The van der Waals surface area contributed by atoms with Gasteiger partial charge in [0, 0.05) is 13.2 Å². The molecule has 1 amide bonds. The Morgan fingerprint density at radius 2 is 2.33 bits per heavy atom. The van der Waals surface area contributed by atoms with E-state index in [0.29, 0.717) is 13.0 Å². The van der Waals surface area contributed by atoms with Crippen molar-refractivity contribution in [1.29, 1.82) is 0 Å². The van der Waals surface area contributed by atoms with Gasteiger partial charge in [0.05, 0.1) is 11.0 Å². The van der Waals surface area contributed by atoms with E-state index in [2.05, 4.69) is 10.7 Å². The molecule has 114 valence electrons. The molecular weight excluding hydrogens is 276 g/mol. The molecule has 0 aromatic heterocycles. The van der Waals surface area contributed by atoms with Crippen LogP contribution < -0.4 is 16.6 Å². The van der Waals surface area contributed by atoms with E-state index in [1.165, 1.54) is 18.2 Å². The molecule has 0 radical (unpaired) electrons. The zero-order chi connectivity index (χ0) is 15.2. The maximum atomic E-state index is 12.1. The topological polar surface area (TPSA) is 120 Å². The van der Waals surface area contributed by atoms with Gasteiger partial charge in [-0.2, -0.15) is 0 Å². The highest BCUT2D eigenvalue weighted by Crippen LogP contribution is 2.27. The lowest BCUT2D eigenvalue weighted by atomic mass is 10.1. The minimum absolute atomic E-state index is 0.0113. The summed E-state index contributed by atoms with van der Waals surface area (Å²) < 4.78 is 5.45. The van der Waals surface area contributed by atoms with Crippen LogP contribution in [0.4, 0.5) is 11.4 Å². The van der Waals surface area contributed by atoms with Gasteiger partial charge < -0.3 is 15.5 Å². The summed E-state index contributed by atoms with van der Waals surface area (Å²) in [5.74, 6) is 4.75. The molecule has 21 heavy (non-hydrogen) atoms. The van der Waals surface area contributed by atoms with Crippen LogP contribution in [0.1, 0.15) is 29.6 Å². The number of nitrogens with two attached hydrogens (primary N) is 1.